The van der Waals surface area contributed by atoms with Gasteiger partial charge in [0.2, 0.25) is 0 Å². The van der Waals surface area contributed by atoms with E-state index in [0.29, 0.717) is 5.75 Å². The third-order valence-corrected chi connectivity index (χ3v) is 2.79. The Kier molecular flexibility index (Phi) is 3.52. The second kappa shape index (κ2) is 5.11. The van der Waals surface area contributed by atoms with E-state index in [-0.39, 0.29) is 24.6 Å². The molecule has 1 aromatic rings. The Labute approximate surface area is 108 Å². The summed E-state index contributed by atoms with van der Waals surface area (Å²) in [7, 11) is 1.20. The number of rotatable bonds is 2. The Hall–Kier alpha value is -2.35. The van der Waals surface area contributed by atoms with Crippen LogP contribution in [0.4, 0.5) is 16.2 Å². The lowest BCUT2D eigenvalue weighted by molar-refractivity contribution is -0.384. The van der Waals surface area contributed by atoms with E-state index in [9.17, 15) is 20.0 Å². The number of nitro benzene ring substituents is 1. The van der Waals surface area contributed by atoms with E-state index in [1.165, 1.54) is 25.3 Å². The Morgan fingerprint density at radius 1 is 1.68 bits per heavy atom. The lowest BCUT2D eigenvalue weighted by Crippen LogP contribution is -2.48. The first kappa shape index (κ1) is 13.1. The number of methoxy groups -OCH3 is 1. The largest absolute Gasteiger partial charge is 0.489 e. The maximum Gasteiger partial charge on any atom is 0.414 e. The van der Waals surface area contributed by atoms with Gasteiger partial charge in [-0.2, -0.15) is 0 Å². The molecule has 1 N–H and O–H groups in total. The molecule has 0 radical (unpaired) electrons. The van der Waals surface area contributed by atoms with E-state index < -0.39 is 17.1 Å². The van der Waals surface area contributed by atoms with E-state index in [0.717, 1.165) is 4.90 Å². The minimum absolute atomic E-state index is 0.0937. The van der Waals surface area contributed by atoms with Crippen LogP contribution in [0.5, 0.6) is 5.75 Å². The third-order valence-electron chi connectivity index (χ3n) is 2.79. The molecule has 1 atom stereocenters. The summed E-state index contributed by atoms with van der Waals surface area (Å²) in [5.74, 6) is 0.334. The number of aliphatic hydroxyl groups excluding tert-OH is 1. The van der Waals surface area contributed by atoms with Crippen molar-refractivity contribution in [3.8, 4) is 5.75 Å². The van der Waals surface area contributed by atoms with Crippen molar-refractivity contribution in [1.29, 1.82) is 0 Å². The van der Waals surface area contributed by atoms with Gasteiger partial charge in [0.15, 0.2) is 0 Å². The van der Waals surface area contributed by atoms with Gasteiger partial charge in [0.1, 0.15) is 12.4 Å². The number of aliphatic hydroxyl groups is 1. The van der Waals surface area contributed by atoms with E-state index in [4.69, 9.17) is 4.74 Å². The molecule has 19 heavy (non-hydrogen) atoms. The summed E-state index contributed by atoms with van der Waals surface area (Å²) >= 11 is 0. The molecule has 0 bridgehead atoms. The first-order chi connectivity index (χ1) is 9.08. The normalized spacial score (nSPS) is 17.4. The molecule has 0 spiro atoms. The summed E-state index contributed by atoms with van der Waals surface area (Å²) in [5.41, 5.74) is 0.0428. The highest BCUT2D eigenvalue weighted by Crippen LogP contribution is 2.37. The van der Waals surface area contributed by atoms with Crippen LogP contribution in [0.2, 0.25) is 0 Å². The first-order valence-electron chi connectivity index (χ1n) is 5.47. The molecule has 1 aliphatic rings. The van der Waals surface area contributed by atoms with Gasteiger partial charge in [-0.1, -0.05) is 0 Å². The molecule has 102 valence electrons. The van der Waals surface area contributed by atoms with Crippen LogP contribution in [-0.2, 0) is 4.74 Å². The maximum atomic E-state index is 11.7. The number of hydrogen-bond donors (Lipinski definition) is 1. The monoisotopic (exact) mass is 268 g/mol. The lowest BCUT2D eigenvalue weighted by atomic mass is 10.1. The van der Waals surface area contributed by atoms with E-state index >= 15 is 0 Å². The smallest absolute Gasteiger partial charge is 0.414 e. The number of hydrogen-bond acceptors (Lipinski definition) is 6. The molecule has 0 saturated carbocycles. The van der Waals surface area contributed by atoms with Gasteiger partial charge < -0.3 is 14.6 Å². The zero-order chi connectivity index (χ0) is 14.0. The minimum Gasteiger partial charge on any atom is -0.489 e. The highest BCUT2D eigenvalue weighted by atomic mass is 16.6. The molecule has 1 heterocycles. The topological polar surface area (TPSA) is 102 Å². The van der Waals surface area contributed by atoms with Gasteiger partial charge in [-0.05, 0) is 6.07 Å². The number of benzene rings is 1. The van der Waals surface area contributed by atoms with Gasteiger partial charge in [-0.15, -0.1) is 0 Å². The number of carbonyl (C=O) groups excluding carboxylic acids is 1. The van der Waals surface area contributed by atoms with Crippen LogP contribution in [0.3, 0.4) is 0 Å². The fraction of sp³-hybridized carbons (Fsp3) is 0.364. The number of fused-ring (bicyclic) bond motifs is 1. The standard InChI is InChI=1S/C11H12N2O6/c1-18-11(15)12-8(5-14)6-19-10-3-2-7(13(16)17)4-9(10)12/h2-4,8,14H,5-6H2,1H3. The molecule has 1 aliphatic heterocycles. The van der Waals surface area contributed by atoms with Crippen LogP contribution in [0.15, 0.2) is 18.2 Å². The van der Waals surface area contributed by atoms with Crippen molar-refractivity contribution in [3.63, 3.8) is 0 Å². The summed E-state index contributed by atoms with van der Waals surface area (Å²) in [6, 6.07) is 3.28. The third kappa shape index (κ3) is 2.29. The van der Waals surface area contributed by atoms with Crippen molar-refractivity contribution in [1.82, 2.24) is 0 Å². The molecular formula is C11H12N2O6. The van der Waals surface area contributed by atoms with Crippen molar-refractivity contribution in [3.05, 3.63) is 28.3 Å². The molecule has 0 aromatic heterocycles. The lowest BCUT2D eigenvalue weighted by Gasteiger charge is -2.34. The average molecular weight is 268 g/mol. The average Bonchev–Trinajstić information content (AvgIpc) is 2.44. The van der Waals surface area contributed by atoms with Gasteiger partial charge in [0, 0.05) is 12.1 Å². The van der Waals surface area contributed by atoms with Crippen molar-refractivity contribution in [2.45, 2.75) is 6.04 Å². The fourth-order valence-corrected chi connectivity index (χ4v) is 1.87. The van der Waals surface area contributed by atoms with Crippen molar-refractivity contribution in [2.75, 3.05) is 25.2 Å². The Balaban J connectivity index is 2.49. The number of nitrogens with zero attached hydrogens (tertiary/aromatic N) is 2. The van der Waals surface area contributed by atoms with Crippen LogP contribution >= 0.6 is 0 Å². The molecule has 2 rings (SSSR count). The van der Waals surface area contributed by atoms with E-state index in [2.05, 4.69) is 4.74 Å². The van der Waals surface area contributed by atoms with Gasteiger partial charge in [-0.25, -0.2) is 4.79 Å². The second-order valence-corrected chi connectivity index (χ2v) is 3.90. The van der Waals surface area contributed by atoms with Crippen molar-refractivity contribution in [2.24, 2.45) is 0 Å². The van der Waals surface area contributed by atoms with E-state index in [1.54, 1.807) is 0 Å². The van der Waals surface area contributed by atoms with E-state index in [1.807, 2.05) is 0 Å². The summed E-state index contributed by atoms with van der Waals surface area (Å²) in [6.45, 7) is -0.242. The van der Waals surface area contributed by atoms with Gasteiger partial charge in [0.25, 0.3) is 5.69 Å². The van der Waals surface area contributed by atoms with Crippen LogP contribution in [-0.4, -0.2) is 42.5 Å². The van der Waals surface area contributed by atoms with Crippen molar-refractivity contribution >= 4 is 17.5 Å². The second-order valence-electron chi connectivity index (χ2n) is 3.90. The number of carbonyl (C=O) groups is 1. The maximum absolute atomic E-state index is 11.7. The van der Waals surface area contributed by atoms with Crippen molar-refractivity contribution < 1.29 is 24.3 Å². The van der Waals surface area contributed by atoms with Crippen LogP contribution in [0, 0.1) is 10.1 Å². The Morgan fingerprint density at radius 3 is 3.00 bits per heavy atom. The number of amides is 1. The fourth-order valence-electron chi connectivity index (χ4n) is 1.87. The molecule has 8 nitrogen and oxygen atoms in total. The van der Waals surface area contributed by atoms with Crippen LogP contribution < -0.4 is 9.64 Å². The first-order valence-corrected chi connectivity index (χ1v) is 5.47. The minimum atomic E-state index is -0.705. The molecule has 1 aromatic carbocycles. The summed E-state index contributed by atoms with van der Waals surface area (Å²) in [4.78, 5) is 23.1. The number of non-ortho nitro benzene ring substituents is 1. The summed E-state index contributed by atoms with van der Waals surface area (Å²) in [5, 5.41) is 20.0. The SMILES string of the molecule is COC(=O)N1c2cc([N+](=O)[O-])ccc2OCC1CO. The predicted molar refractivity (Wildman–Crippen MR) is 64.3 cm³/mol. The summed E-state index contributed by atoms with van der Waals surface area (Å²) < 4.78 is 9.98. The molecule has 0 aliphatic carbocycles. The van der Waals surface area contributed by atoms with Gasteiger partial charge >= 0.3 is 6.09 Å². The van der Waals surface area contributed by atoms with Crippen LogP contribution in [0.25, 0.3) is 0 Å². The quantitative estimate of drug-likeness (QED) is 0.632. The highest BCUT2D eigenvalue weighted by molar-refractivity contribution is 5.91. The number of nitro groups is 1. The number of ether oxygens (including phenoxy) is 2. The van der Waals surface area contributed by atoms with Gasteiger partial charge in [0.05, 0.1) is 30.4 Å². The molecule has 1 unspecified atom stereocenters. The van der Waals surface area contributed by atoms with Crippen LogP contribution in [0.1, 0.15) is 0 Å². The Morgan fingerprint density at radius 2 is 2.42 bits per heavy atom. The zero-order valence-corrected chi connectivity index (χ0v) is 10.1. The predicted octanol–water partition coefficient (Wildman–Crippen LogP) is 0.921. The molecule has 0 saturated heterocycles. The number of anilines is 1. The zero-order valence-electron chi connectivity index (χ0n) is 10.1. The Bertz CT molecular complexity index is 518. The molecule has 0 fully saturated rings. The molecular weight excluding hydrogens is 256 g/mol. The molecule has 1 amide bonds. The highest BCUT2D eigenvalue weighted by Gasteiger charge is 2.34. The summed E-state index contributed by atoms with van der Waals surface area (Å²) in [6.07, 6.45) is -0.705. The van der Waals surface area contributed by atoms with Gasteiger partial charge in [-0.3, -0.25) is 15.0 Å². The molecule has 8 heteroatoms.